The molecule has 0 aliphatic rings. The van der Waals surface area contributed by atoms with Crippen molar-refractivity contribution in [2.45, 2.75) is 4.90 Å². The van der Waals surface area contributed by atoms with E-state index in [1.165, 1.54) is 6.20 Å². The van der Waals surface area contributed by atoms with Crippen LogP contribution >= 0.6 is 10.8 Å². The number of fused-ring (bicyclic) bond motifs is 1. The molecule has 0 spiro atoms. The zero-order chi connectivity index (χ0) is 24.2. The van der Waals surface area contributed by atoms with E-state index in [1.54, 1.807) is 48.8 Å². The van der Waals surface area contributed by atoms with Crippen LogP contribution < -0.4 is 14.8 Å². The fourth-order valence-corrected chi connectivity index (χ4v) is 4.76. The lowest BCUT2D eigenvalue weighted by Gasteiger charge is -2.33. The minimum atomic E-state index is -3.25. The van der Waals surface area contributed by atoms with E-state index in [0.717, 1.165) is 17.4 Å². The van der Waals surface area contributed by atoms with Gasteiger partial charge in [0.25, 0.3) is 0 Å². The Morgan fingerprint density at radius 3 is 2.44 bits per heavy atom. The maximum Gasteiger partial charge on any atom is 0.208 e. The fourth-order valence-electron chi connectivity index (χ4n) is 3.19. The standard InChI is InChI=1S/C22H24N6O4S2/c1-33(29,30)26-10-9-24-22-15-25-20-8-7-16(12-21(20)27-22)17-11-18(14-23-13-17)28-34(31,32)19-5-3-2-4-6-19/h2-8,11-15,26,28,31-32H,9-10H2,1H3,(H,24,27). The molecular weight excluding hydrogens is 476 g/mol. The van der Waals surface area contributed by atoms with Gasteiger partial charge in [0.15, 0.2) is 0 Å². The first-order chi connectivity index (χ1) is 16.2. The average Bonchev–Trinajstić information content (AvgIpc) is 2.81. The van der Waals surface area contributed by atoms with Gasteiger partial charge >= 0.3 is 0 Å². The summed E-state index contributed by atoms with van der Waals surface area (Å²) in [6.07, 6.45) is 5.89. The van der Waals surface area contributed by atoms with Gasteiger partial charge in [0.1, 0.15) is 5.82 Å². The lowest BCUT2D eigenvalue weighted by atomic mass is 10.1. The molecule has 34 heavy (non-hydrogen) atoms. The number of sulfonamides is 1. The maximum absolute atomic E-state index is 11.2. The Labute approximate surface area is 199 Å². The monoisotopic (exact) mass is 500 g/mol. The van der Waals surface area contributed by atoms with Crippen molar-refractivity contribution in [3.05, 3.63) is 73.2 Å². The van der Waals surface area contributed by atoms with Crippen LogP contribution in [0.2, 0.25) is 0 Å². The third-order valence-corrected chi connectivity index (χ3v) is 6.92. The summed E-state index contributed by atoms with van der Waals surface area (Å²) in [6.45, 7) is 0.588. The average molecular weight is 501 g/mol. The number of hydrogen-bond donors (Lipinski definition) is 5. The summed E-state index contributed by atoms with van der Waals surface area (Å²) in [4.78, 5) is 13.6. The predicted molar refractivity (Wildman–Crippen MR) is 135 cm³/mol. The Kier molecular flexibility index (Phi) is 6.95. The van der Waals surface area contributed by atoms with E-state index in [9.17, 15) is 17.5 Å². The van der Waals surface area contributed by atoms with Gasteiger partial charge in [-0.25, -0.2) is 18.1 Å². The van der Waals surface area contributed by atoms with Crippen LogP contribution in [-0.4, -0.2) is 51.8 Å². The molecule has 0 saturated carbocycles. The maximum atomic E-state index is 11.2. The van der Waals surface area contributed by atoms with Gasteiger partial charge < -0.3 is 5.32 Å². The molecule has 0 aliphatic carbocycles. The van der Waals surface area contributed by atoms with Crippen LogP contribution in [-0.2, 0) is 10.0 Å². The van der Waals surface area contributed by atoms with Crippen LogP contribution in [0, 0.1) is 0 Å². The molecular formula is C22H24N6O4S2. The lowest BCUT2D eigenvalue weighted by molar-refractivity contribution is 0.494. The molecule has 2 aromatic heterocycles. The van der Waals surface area contributed by atoms with E-state index in [-0.39, 0.29) is 6.54 Å². The van der Waals surface area contributed by atoms with Crippen molar-refractivity contribution in [2.75, 3.05) is 29.4 Å². The van der Waals surface area contributed by atoms with Crippen LogP contribution in [0.5, 0.6) is 0 Å². The number of hydrogen-bond acceptors (Lipinski definition) is 9. The number of nitrogens with zero attached hydrogens (tertiary/aromatic N) is 3. The van der Waals surface area contributed by atoms with Gasteiger partial charge in [-0.3, -0.25) is 23.8 Å². The Morgan fingerprint density at radius 1 is 0.882 bits per heavy atom. The third kappa shape index (κ3) is 6.18. The van der Waals surface area contributed by atoms with E-state index < -0.39 is 20.8 Å². The van der Waals surface area contributed by atoms with Crippen LogP contribution in [0.15, 0.2) is 78.1 Å². The van der Waals surface area contributed by atoms with Gasteiger partial charge in [-0.1, -0.05) is 35.0 Å². The van der Waals surface area contributed by atoms with Crippen molar-refractivity contribution in [2.24, 2.45) is 0 Å². The molecule has 0 aliphatic heterocycles. The topological polar surface area (TPSA) is 149 Å². The van der Waals surface area contributed by atoms with Gasteiger partial charge in [0.05, 0.1) is 40.3 Å². The molecule has 0 radical (unpaired) electrons. The molecule has 2 aromatic carbocycles. The van der Waals surface area contributed by atoms with E-state index in [2.05, 4.69) is 29.7 Å². The van der Waals surface area contributed by atoms with Gasteiger partial charge in [-0.2, -0.15) is 0 Å². The van der Waals surface area contributed by atoms with Gasteiger partial charge in [-0.05, 0) is 35.9 Å². The number of aromatic nitrogens is 3. The lowest BCUT2D eigenvalue weighted by Crippen LogP contribution is -2.27. The molecule has 0 fully saturated rings. The minimum Gasteiger partial charge on any atom is -0.367 e. The molecule has 2 heterocycles. The van der Waals surface area contributed by atoms with Gasteiger partial charge in [0, 0.05) is 24.8 Å². The van der Waals surface area contributed by atoms with Crippen LogP contribution in [0.4, 0.5) is 11.5 Å². The smallest absolute Gasteiger partial charge is 0.208 e. The summed E-state index contributed by atoms with van der Waals surface area (Å²) in [7, 11) is -6.48. The van der Waals surface area contributed by atoms with Crippen LogP contribution in [0.1, 0.15) is 0 Å². The highest BCUT2D eigenvalue weighted by Crippen LogP contribution is 2.47. The van der Waals surface area contributed by atoms with Crippen molar-refractivity contribution in [1.29, 1.82) is 0 Å². The number of pyridine rings is 1. The van der Waals surface area contributed by atoms with Gasteiger partial charge in [0.2, 0.25) is 10.0 Å². The van der Waals surface area contributed by atoms with E-state index in [4.69, 9.17) is 0 Å². The normalized spacial score (nSPS) is 12.4. The molecule has 5 N–H and O–H groups in total. The van der Waals surface area contributed by atoms with E-state index >= 15 is 0 Å². The Bertz CT molecular complexity index is 1400. The van der Waals surface area contributed by atoms with Crippen molar-refractivity contribution in [3.8, 4) is 11.1 Å². The Hall–Kier alpha value is -3.29. The minimum absolute atomic E-state index is 0.228. The summed E-state index contributed by atoms with van der Waals surface area (Å²) in [5, 5.41) is 3.04. The number of rotatable bonds is 9. The van der Waals surface area contributed by atoms with E-state index in [0.29, 0.717) is 34.0 Å². The third-order valence-electron chi connectivity index (χ3n) is 4.74. The molecule has 10 nitrogen and oxygen atoms in total. The van der Waals surface area contributed by atoms with Gasteiger partial charge in [-0.15, -0.1) is 0 Å². The highest BCUT2D eigenvalue weighted by molar-refractivity contribution is 8.25. The van der Waals surface area contributed by atoms with Crippen molar-refractivity contribution < 1.29 is 17.5 Å². The first-order valence-electron chi connectivity index (χ1n) is 10.2. The second kappa shape index (κ2) is 9.91. The second-order valence-corrected chi connectivity index (χ2v) is 11.1. The molecule has 0 amide bonds. The van der Waals surface area contributed by atoms with Crippen LogP contribution in [0.25, 0.3) is 22.2 Å². The molecule has 0 saturated heterocycles. The fraction of sp³-hybridized carbons (Fsp3) is 0.136. The molecule has 4 aromatic rings. The number of benzene rings is 2. The quantitative estimate of drug-likeness (QED) is 0.216. The first-order valence-corrected chi connectivity index (χ1v) is 13.7. The Balaban J connectivity index is 1.53. The summed E-state index contributed by atoms with van der Waals surface area (Å²) in [5.41, 5.74) is 3.38. The molecule has 4 rings (SSSR count). The first kappa shape index (κ1) is 23.9. The molecule has 0 unspecified atom stereocenters. The predicted octanol–water partition coefficient (Wildman–Crippen LogP) is 3.79. The summed E-state index contributed by atoms with van der Waals surface area (Å²) < 4.78 is 48.6. The highest BCUT2D eigenvalue weighted by atomic mass is 32.3. The highest BCUT2D eigenvalue weighted by Gasteiger charge is 2.15. The zero-order valence-corrected chi connectivity index (χ0v) is 19.8. The molecule has 0 bridgehead atoms. The summed E-state index contributed by atoms with van der Waals surface area (Å²) >= 11 is 0. The van der Waals surface area contributed by atoms with Crippen molar-refractivity contribution in [3.63, 3.8) is 0 Å². The number of anilines is 2. The van der Waals surface area contributed by atoms with Crippen molar-refractivity contribution >= 4 is 43.3 Å². The summed E-state index contributed by atoms with van der Waals surface area (Å²) in [6, 6.07) is 15.9. The molecule has 0 atom stereocenters. The summed E-state index contributed by atoms with van der Waals surface area (Å²) in [5.74, 6) is 0.519. The number of nitrogens with one attached hydrogen (secondary N) is 3. The van der Waals surface area contributed by atoms with Crippen LogP contribution in [0.3, 0.4) is 0 Å². The largest absolute Gasteiger partial charge is 0.367 e. The zero-order valence-electron chi connectivity index (χ0n) is 18.2. The molecule has 178 valence electrons. The van der Waals surface area contributed by atoms with E-state index in [1.807, 2.05) is 18.2 Å². The second-order valence-electron chi connectivity index (χ2n) is 7.48. The Morgan fingerprint density at radius 2 is 1.68 bits per heavy atom. The molecule has 12 heteroatoms. The van der Waals surface area contributed by atoms with Crippen molar-refractivity contribution in [1.82, 2.24) is 19.7 Å². The SMILES string of the molecule is CS(=O)(=O)NCCNc1cnc2ccc(-c3cncc(NS(O)(O)c4ccccc4)c3)cc2n1.